The molecule has 0 bridgehead atoms. The second kappa shape index (κ2) is 6.25. The summed E-state index contributed by atoms with van der Waals surface area (Å²) < 4.78 is 1.30. The number of nitrogens with zero attached hydrogens (tertiary/aromatic N) is 2. The van der Waals surface area contributed by atoms with Gasteiger partial charge in [-0.05, 0) is 46.2 Å². The molecule has 4 aromatic carbocycles. The zero-order chi connectivity index (χ0) is 21.1. The molecule has 2 heterocycles. The molecule has 0 radical (unpaired) electrons. The number of aromatic nitrogens is 1. The molecule has 4 nitrogen and oxygen atoms in total. The summed E-state index contributed by atoms with van der Waals surface area (Å²) in [6.45, 7) is 0. The van der Waals surface area contributed by atoms with Gasteiger partial charge in [-0.25, -0.2) is 4.40 Å². The molecule has 2 aromatic heterocycles. The van der Waals surface area contributed by atoms with Crippen LogP contribution in [0.1, 0.15) is 5.56 Å². The van der Waals surface area contributed by atoms with Crippen molar-refractivity contribution in [3.63, 3.8) is 0 Å². The van der Waals surface area contributed by atoms with E-state index in [0.29, 0.717) is 21.9 Å². The summed E-state index contributed by atoms with van der Waals surface area (Å²) in [6, 6.07) is 28.4. The Bertz CT molecular complexity index is 1840. The smallest absolute Gasteiger partial charge is 0.266 e. The van der Waals surface area contributed by atoms with Gasteiger partial charge in [-0.2, -0.15) is 5.26 Å². The third-order valence-corrected chi connectivity index (χ3v) is 6.01. The van der Waals surface area contributed by atoms with Crippen molar-refractivity contribution in [2.75, 3.05) is 0 Å². The van der Waals surface area contributed by atoms with Crippen molar-refractivity contribution in [2.45, 2.75) is 0 Å². The van der Waals surface area contributed by atoms with Gasteiger partial charge in [0.05, 0.1) is 17.1 Å². The van der Waals surface area contributed by atoms with Crippen LogP contribution in [0.3, 0.4) is 0 Å². The van der Waals surface area contributed by atoms with Crippen molar-refractivity contribution < 1.29 is 0 Å². The first-order valence-corrected chi connectivity index (χ1v) is 9.94. The number of nitriles is 1. The summed E-state index contributed by atoms with van der Waals surface area (Å²) in [5.41, 5.74) is 2.26. The lowest BCUT2D eigenvalue weighted by Crippen LogP contribution is -2.27. The first kappa shape index (κ1) is 17.4. The molecule has 0 N–H and O–H groups in total. The SMILES string of the molecule is N#Cc1ccccc1-c1ccc2c(=O)n3c(=O)c4ccccc4c4cccc(c2c1)c43. The van der Waals surface area contributed by atoms with E-state index in [9.17, 15) is 14.9 Å². The van der Waals surface area contributed by atoms with E-state index in [-0.39, 0.29) is 11.1 Å². The van der Waals surface area contributed by atoms with E-state index in [4.69, 9.17) is 0 Å². The van der Waals surface area contributed by atoms with Crippen molar-refractivity contribution >= 4 is 37.8 Å². The molecule has 0 saturated heterocycles. The van der Waals surface area contributed by atoms with E-state index in [0.717, 1.165) is 32.7 Å². The number of hydrogen-bond acceptors (Lipinski definition) is 3. The Balaban J connectivity index is 1.85. The molecule has 0 saturated carbocycles. The maximum atomic E-state index is 13.4. The highest BCUT2D eigenvalue weighted by Crippen LogP contribution is 2.33. The lowest BCUT2D eigenvalue weighted by atomic mass is 9.95. The van der Waals surface area contributed by atoms with Crippen molar-refractivity contribution in [1.82, 2.24) is 4.40 Å². The van der Waals surface area contributed by atoms with Crippen LogP contribution in [0.25, 0.3) is 49.0 Å². The van der Waals surface area contributed by atoms with Crippen LogP contribution in [0, 0.1) is 11.3 Å². The fourth-order valence-electron chi connectivity index (χ4n) is 4.61. The lowest BCUT2D eigenvalue weighted by molar-refractivity contribution is 1.09. The molecule has 0 fully saturated rings. The van der Waals surface area contributed by atoms with E-state index in [1.165, 1.54) is 4.40 Å². The molecule has 0 atom stereocenters. The van der Waals surface area contributed by atoms with Gasteiger partial charge < -0.3 is 0 Å². The van der Waals surface area contributed by atoms with E-state index < -0.39 is 0 Å². The molecular weight excluding hydrogens is 384 g/mol. The Hall–Kier alpha value is -4.49. The lowest BCUT2D eigenvalue weighted by Gasteiger charge is -2.13. The molecule has 4 heteroatoms. The van der Waals surface area contributed by atoms with Crippen LogP contribution in [0.2, 0.25) is 0 Å². The highest BCUT2D eigenvalue weighted by atomic mass is 16.2. The first-order valence-electron chi connectivity index (χ1n) is 9.94. The predicted molar refractivity (Wildman–Crippen MR) is 124 cm³/mol. The number of hydrogen-bond donors (Lipinski definition) is 0. The molecule has 144 valence electrons. The van der Waals surface area contributed by atoms with Crippen molar-refractivity contribution in [2.24, 2.45) is 0 Å². The van der Waals surface area contributed by atoms with Gasteiger partial charge in [-0.1, -0.05) is 60.7 Å². The average Bonchev–Trinajstić information content (AvgIpc) is 2.83. The minimum Gasteiger partial charge on any atom is -0.268 e. The third-order valence-electron chi connectivity index (χ3n) is 6.01. The van der Waals surface area contributed by atoms with Gasteiger partial charge in [0, 0.05) is 21.5 Å². The standard InChI is InChI=1S/C27H14N2O2/c28-15-17-6-1-2-7-18(17)16-12-13-23-24(14-16)21-11-5-10-20-19-8-3-4-9-22(19)26(30)29(25(20)21)27(23)31/h1-14H. The second-order valence-corrected chi connectivity index (χ2v) is 7.61. The summed E-state index contributed by atoms with van der Waals surface area (Å²) in [7, 11) is 0. The minimum absolute atomic E-state index is 0.301. The van der Waals surface area contributed by atoms with Gasteiger partial charge in [0.25, 0.3) is 11.1 Å². The number of fused-ring (bicyclic) bond motifs is 4. The van der Waals surface area contributed by atoms with Crippen LogP contribution in [-0.2, 0) is 0 Å². The molecule has 0 aliphatic carbocycles. The number of para-hydroxylation sites is 1. The van der Waals surface area contributed by atoms with Gasteiger partial charge in [0.1, 0.15) is 0 Å². The Morgan fingerprint density at radius 1 is 0.613 bits per heavy atom. The second-order valence-electron chi connectivity index (χ2n) is 7.61. The normalized spacial score (nSPS) is 11.5. The molecule has 0 aliphatic rings. The first-order chi connectivity index (χ1) is 15.2. The number of benzene rings is 4. The van der Waals surface area contributed by atoms with E-state index in [1.807, 2.05) is 66.7 Å². The molecule has 0 unspecified atom stereocenters. The topological polar surface area (TPSA) is 62.3 Å². The largest absolute Gasteiger partial charge is 0.268 e. The van der Waals surface area contributed by atoms with Gasteiger partial charge in [0.15, 0.2) is 0 Å². The van der Waals surface area contributed by atoms with Gasteiger partial charge >= 0.3 is 0 Å². The fraction of sp³-hybridized carbons (Fsp3) is 0. The van der Waals surface area contributed by atoms with Crippen LogP contribution in [0.15, 0.2) is 94.5 Å². The Morgan fingerprint density at radius 2 is 1.23 bits per heavy atom. The van der Waals surface area contributed by atoms with Gasteiger partial charge in [0.2, 0.25) is 0 Å². The van der Waals surface area contributed by atoms with E-state index >= 15 is 0 Å². The zero-order valence-electron chi connectivity index (χ0n) is 16.3. The Labute approximate surface area is 176 Å². The Morgan fingerprint density at radius 3 is 2.00 bits per heavy atom. The van der Waals surface area contributed by atoms with Crippen LogP contribution in [-0.4, -0.2) is 4.40 Å². The summed E-state index contributed by atoms with van der Waals surface area (Å²) in [4.78, 5) is 26.7. The molecule has 6 rings (SSSR count). The molecule has 0 aliphatic heterocycles. The molecule has 0 amide bonds. The van der Waals surface area contributed by atoms with Crippen LogP contribution in [0.5, 0.6) is 0 Å². The quantitative estimate of drug-likeness (QED) is 0.286. The highest BCUT2D eigenvalue weighted by molar-refractivity contribution is 6.18. The van der Waals surface area contributed by atoms with Gasteiger partial charge in [-0.15, -0.1) is 0 Å². The van der Waals surface area contributed by atoms with E-state index in [2.05, 4.69) is 6.07 Å². The van der Waals surface area contributed by atoms with Crippen molar-refractivity contribution in [3.8, 4) is 17.2 Å². The van der Waals surface area contributed by atoms with Gasteiger partial charge in [-0.3, -0.25) is 9.59 Å². The minimum atomic E-state index is -0.324. The summed E-state index contributed by atoms with van der Waals surface area (Å²) in [5.74, 6) is 0. The average molecular weight is 398 g/mol. The number of rotatable bonds is 1. The van der Waals surface area contributed by atoms with Crippen LogP contribution in [0.4, 0.5) is 0 Å². The highest BCUT2D eigenvalue weighted by Gasteiger charge is 2.17. The summed E-state index contributed by atoms with van der Waals surface area (Å²) in [5, 5.41) is 13.8. The van der Waals surface area contributed by atoms with Crippen LogP contribution >= 0.6 is 0 Å². The maximum absolute atomic E-state index is 13.4. The van der Waals surface area contributed by atoms with Crippen molar-refractivity contribution in [1.29, 1.82) is 5.26 Å². The Kier molecular flexibility index (Phi) is 3.50. The predicted octanol–water partition coefficient (Wildman–Crippen LogP) is 5.10. The number of pyridine rings is 2. The summed E-state index contributed by atoms with van der Waals surface area (Å²) in [6.07, 6.45) is 0. The van der Waals surface area contributed by atoms with E-state index in [1.54, 1.807) is 18.2 Å². The van der Waals surface area contributed by atoms with Crippen LogP contribution < -0.4 is 11.1 Å². The molecule has 6 aromatic rings. The molecular formula is C27H14N2O2. The monoisotopic (exact) mass is 398 g/mol. The fourth-order valence-corrected chi connectivity index (χ4v) is 4.61. The maximum Gasteiger partial charge on any atom is 0.266 e. The molecule has 0 spiro atoms. The zero-order valence-corrected chi connectivity index (χ0v) is 16.3. The molecule has 31 heavy (non-hydrogen) atoms. The third kappa shape index (κ3) is 2.29. The van der Waals surface area contributed by atoms with Crippen molar-refractivity contribution in [3.05, 3.63) is 111 Å². The summed E-state index contributed by atoms with van der Waals surface area (Å²) >= 11 is 0.